The van der Waals surface area contributed by atoms with E-state index in [9.17, 15) is 9.59 Å². The van der Waals surface area contributed by atoms with Gasteiger partial charge < -0.3 is 4.90 Å². The minimum Gasteiger partial charge on any atom is -0.335 e. The third kappa shape index (κ3) is 2.47. The van der Waals surface area contributed by atoms with E-state index in [0.29, 0.717) is 12.0 Å². The van der Waals surface area contributed by atoms with E-state index in [2.05, 4.69) is 0 Å². The fraction of sp³-hybridized carbons (Fsp3) is 0.222. The van der Waals surface area contributed by atoms with Crippen molar-refractivity contribution in [2.45, 2.75) is 18.4 Å². The first kappa shape index (κ1) is 13.6. The van der Waals surface area contributed by atoms with Crippen LogP contribution >= 0.6 is 0 Å². The Bertz CT molecular complexity index is 651. The molecule has 1 fully saturated rings. The lowest BCUT2D eigenvalue weighted by Crippen LogP contribution is -2.38. The fourth-order valence-corrected chi connectivity index (χ4v) is 3.00. The predicted molar refractivity (Wildman–Crippen MR) is 81.1 cm³/mol. The Morgan fingerprint density at radius 3 is 2.19 bits per heavy atom. The van der Waals surface area contributed by atoms with Crippen LogP contribution < -0.4 is 0 Å². The summed E-state index contributed by atoms with van der Waals surface area (Å²) in [7, 11) is 1.72. The maximum Gasteiger partial charge on any atom is 0.223 e. The van der Waals surface area contributed by atoms with Crippen LogP contribution in [0.15, 0.2) is 60.7 Å². The third-order valence-corrected chi connectivity index (χ3v) is 4.14. The van der Waals surface area contributed by atoms with Gasteiger partial charge in [0.2, 0.25) is 5.91 Å². The number of likely N-dealkylation sites (N-methyl/N-ethyl adjacent to an activating group) is 1. The Morgan fingerprint density at radius 1 is 1.00 bits per heavy atom. The lowest BCUT2D eigenvalue weighted by molar-refractivity contribution is -0.127. The van der Waals surface area contributed by atoms with Gasteiger partial charge in [0.25, 0.3) is 0 Å². The Balaban J connectivity index is 1.97. The molecule has 3 rings (SSSR count). The molecule has 1 heterocycles. The van der Waals surface area contributed by atoms with Crippen LogP contribution in [0.4, 0.5) is 0 Å². The van der Waals surface area contributed by atoms with Gasteiger partial charge in [-0.1, -0.05) is 60.7 Å². The number of hydrogen-bond acceptors (Lipinski definition) is 2. The van der Waals surface area contributed by atoms with Gasteiger partial charge in [-0.05, 0) is 5.56 Å². The maximum atomic E-state index is 12.8. The van der Waals surface area contributed by atoms with Crippen molar-refractivity contribution in [3.8, 4) is 0 Å². The number of likely N-dealkylation sites (tertiary alicyclic amines) is 1. The fourth-order valence-electron chi connectivity index (χ4n) is 3.00. The van der Waals surface area contributed by atoms with E-state index in [1.54, 1.807) is 24.1 Å². The van der Waals surface area contributed by atoms with E-state index in [1.165, 1.54) is 0 Å². The smallest absolute Gasteiger partial charge is 0.223 e. The van der Waals surface area contributed by atoms with Crippen LogP contribution in [0.25, 0.3) is 0 Å². The summed E-state index contributed by atoms with van der Waals surface area (Å²) in [5.41, 5.74) is 1.70. The first-order valence-electron chi connectivity index (χ1n) is 7.08. The summed E-state index contributed by atoms with van der Waals surface area (Å²) in [4.78, 5) is 26.5. The van der Waals surface area contributed by atoms with Gasteiger partial charge in [0.05, 0.1) is 0 Å². The first-order valence-corrected chi connectivity index (χ1v) is 7.08. The molecule has 21 heavy (non-hydrogen) atoms. The summed E-state index contributed by atoms with van der Waals surface area (Å²) >= 11 is 0. The molecule has 0 spiro atoms. The van der Waals surface area contributed by atoms with Crippen molar-refractivity contribution in [3.05, 3.63) is 71.8 Å². The van der Waals surface area contributed by atoms with Gasteiger partial charge in [0.1, 0.15) is 6.04 Å². The number of nitrogens with zero attached hydrogens (tertiary/aromatic N) is 1. The van der Waals surface area contributed by atoms with Crippen molar-refractivity contribution in [3.63, 3.8) is 0 Å². The zero-order valence-electron chi connectivity index (χ0n) is 11.9. The molecule has 106 valence electrons. The van der Waals surface area contributed by atoms with Crippen molar-refractivity contribution in [2.75, 3.05) is 7.05 Å². The van der Waals surface area contributed by atoms with Crippen LogP contribution in [0.5, 0.6) is 0 Å². The third-order valence-electron chi connectivity index (χ3n) is 4.14. The molecule has 2 unspecified atom stereocenters. The quantitative estimate of drug-likeness (QED) is 0.810. The molecule has 2 atom stereocenters. The molecule has 1 aliphatic heterocycles. The standard InChI is InChI=1S/C18H17NO2/c1-19-16(20)12-15(13-8-4-2-5-9-13)17(19)18(21)14-10-6-3-7-11-14/h2-11,15,17H,12H2,1H3. The predicted octanol–water partition coefficient (Wildman–Crippen LogP) is 2.88. The van der Waals surface area contributed by atoms with Gasteiger partial charge >= 0.3 is 0 Å². The summed E-state index contributed by atoms with van der Waals surface area (Å²) in [5.74, 6) is -0.0349. The van der Waals surface area contributed by atoms with E-state index in [-0.39, 0.29) is 17.6 Å². The summed E-state index contributed by atoms with van der Waals surface area (Å²) in [6.45, 7) is 0. The molecule has 2 aromatic rings. The highest BCUT2D eigenvalue weighted by Crippen LogP contribution is 2.35. The van der Waals surface area contributed by atoms with E-state index in [0.717, 1.165) is 5.56 Å². The molecule has 3 nitrogen and oxygen atoms in total. The molecule has 0 bridgehead atoms. The second-order valence-electron chi connectivity index (χ2n) is 5.40. The highest BCUT2D eigenvalue weighted by molar-refractivity contribution is 6.04. The molecular weight excluding hydrogens is 262 g/mol. The van der Waals surface area contributed by atoms with Gasteiger partial charge in [0, 0.05) is 24.9 Å². The minimum atomic E-state index is -0.415. The van der Waals surface area contributed by atoms with Gasteiger partial charge in [-0.3, -0.25) is 9.59 Å². The maximum absolute atomic E-state index is 12.8. The summed E-state index contributed by atoms with van der Waals surface area (Å²) in [5, 5.41) is 0. The topological polar surface area (TPSA) is 37.4 Å². The van der Waals surface area contributed by atoms with Crippen LogP contribution in [0, 0.1) is 0 Å². The Labute approximate surface area is 124 Å². The molecular formula is C18H17NO2. The number of carbonyl (C=O) groups excluding carboxylic acids is 2. The van der Waals surface area contributed by atoms with Crippen molar-refractivity contribution in [1.29, 1.82) is 0 Å². The van der Waals surface area contributed by atoms with Crippen LogP contribution in [-0.2, 0) is 4.79 Å². The number of Topliss-reactive ketones (excluding diaryl/α,β-unsaturated/α-hetero) is 1. The minimum absolute atomic E-state index is 0.0119. The van der Waals surface area contributed by atoms with Crippen molar-refractivity contribution in [2.24, 2.45) is 0 Å². The molecule has 0 aromatic heterocycles. The molecule has 0 N–H and O–H groups in total. The Morgan fingerprint density at radius 2 is 1.57 bits per heavy atom. The van der Waals surface area contributed by atoms with E-state index < -0.39 is 6.04 Å². The lowest BCUT2D eigenvalue weighted by atomic mass is 9.87. The molecule has 1 amide bonds. The van der Waals surface area contributed by atoms with Crippen LogP contribution in [0.1, 0.15) is 28.3 Å². The average molecular weight is 279 g/mol. The number of amides is 1. The van der Waals surface area contributed by atoms with Gasteiger partial charge in [-0.25, -0.2) is 0 Å². The number of ketones is 1. The second-order valence-corrected chi connectivity index (χ2v) is 5.40. The molecule has 0 saturated carbocycles. The lowest BCUT2D eigenvalue weighted by Gasteiger charge is -2.24. The van der Waals surface area contributed by atoms with Crippen LogP contribution in [-0.4, -0.2) is 29.7 Å². The zero-order chi connectivity index (χ0) is 14.8. The number of benzene rings is 2. The number of rotatable bonds is 3. The van der Waals surface area contributed by atoms with Crippen LogP contribution in [0.3, 0.4) is 0 Å². The highest BCUT2D eigenvalue weighted by Gasteiger charge is 2.42. The molecule has 0 radical (unpaired) electrons. The van der Waals surface area contributed by atoms with Crippen molar-refractivity contribution >= 4 is 11.7 Å². The Hall–Kier alpha value is -2.42. The summed E-state index contributed by atoms with van der Waals surface area (Å²) in [6, 6.07) is 18.6. The normalized spacial score (nSPS) is 21.6. The summed E-state index contributed by atoms with van der Waals surface area (Å²) < 4.78 is 0. The van der Waals surface area contributed by atoms with Crippen molar-refractivity contribution in [1.82, 2.24) is 4.90 Å². The van der Waals surface area contributed by atoms with Crippen molar-refractivity contribution < 1.29 is 9.59 Å². The molecule has 3 heteroatoms. The van der Waals surface area contributed by atoms with E-state index >= 15 is 0 Å². The second kappa shape index (κ2) is 5.52. The molecule has 0 aliphatic carbocycles. The number of hydrogen-bond donors (Lipinski definition) is 0. The monoisotopic (exact) mass is 279 g/mol. The van der Waals surface area contributed by atoms with Gasteiger partial charge in [-0.2, -0.15) is 0 Å². The largest absolute Gasteiger partial charge is 0.335 e. The Kier molecular flexibility index (Phi) is 3.57. The average Bonchev–Trinajstić information content (AvgIpc) is 2.84. The zero-order valence-corrected chi connectivity index (χ0v) is 11.9. The van der Waals surface area contributed by atoms with E-state index in [1.807, 2.05) is 48.5 Å². The first-order chi connectivity index (χ1) is 10.2. The van der Waals surface area contributed by atoms with Crippen LogP contribution in [0.2, 0.25) is 0 Å². The molecule has 1 saturated heterocycles. The molecule has 1 aliphatic rings. The van der Waals surface area contributed by atoms with Gasteiger partial charge in [0.15, 0.2) is 5.78 Å². The molecule has 2 aromatic carbocycles. The number of carbonyl (C=O) groups is 2. The van der Waals surface area contributed by atoms with Gasteiger partial charge in [-0.15, -0.1) is 0 Å². The van der Waals surface area contributed by atoms with E-state index in [4.69, 9.17) is 0 Å². The highest BCUT2D eigenvalue weighted by atomic mass is 16.2. The summed E-state index contributed by atoms with van der Waals surface area (Å²) in [6.07, 6.45) is 0.393. The SMILES string of the molecule is CN1C(=O)CC(c2ccccc2)C1C(=O)c1ccccc1.